The summed E-state index contributed by atoms with van der Waals surface area (Å²) in [6.07, 6.45) is 0.880. The lowest BCUT2D eigenvalue weighted by molar-refractivity contribution is -0.119. The highest BCUT2D eigenvalue weighted by molar-refractivity contribution is 7.80. The summed E-state index contributed by atoms with van der Waals surface area (Å²) in [4.78, 5) is 13.5. The van der Waals surface area contributed by atoms with E-state index in [1.807, 2.05) is 13.8 Å². The zero-order valence-electron chi connectivity index (χ0n) is 11.9. The van der Waals surface area contributed by atoms with Crippen LogP contribution in [-0.2, 0) is 4.79 Å². The monoisotopic (exact) mass is 293 g/mol. The number of thiocarbonyl (C=S) groups is 1. The van der Waals surface area contributed by atoms with Gasteiger partial charge in [-0.2, -0.15) is 5.10 Å². The molecule has 1 aliphatic heterocycles. The van der Waals surface area contributed by atoms with Gasteiger partial charge in [0.25, 0.3) is 0 Å². The molecule has 0 spiro atoms. The summed E-state index contributed by atoms with van der Waals surface area (Å²) < 4.78 is 0. The average molecular weight is 293 g/mol. The normalized spacial score (nSPS) is 18.1. The van der Waals surface area contributed by atoms with Crippen LogP contribution in [0.3, 0.4) is 0 Å². The maximum atomic E-state index is 11.1. The molecular formula is C13H19N5OS. The quantitative estimate of drug-likeness (QED) is 0.787. The van der Waals surface area contributed by atoms with E-state index in [-0.39, 0.29) is 11.9 Å². The van der Waals surface area contributed by atoms with Crippen LogP contribution in [0.15, 0.2) is 0 Å². The number of carbonyl (C=O) groups excluding carboxylic acids is 1. The van der Waals surface area contributed by atoms with Crippen LogP contribution < -0.4 is 16.0 Å². The number of carbonyl (C=O) groups is 1. The Kier molecular flexibility index (Phi) is 4.17. The summed E-state index contributed by atoms with van der Waals surface area (Å²) >= 11 is 5.15. The number of aryl methyl sites for hydroxylation is 1. The molecule has 1 atom stereocenters. The van der Waals surface area contributed by atoms with Crippen LogP contribution in [0, 0.1) is 13.8 Å². The first-order valence-electron chi connectivity index (χ1n) is 6.56. The molecule has 0 bridgehead atoms. The summed E-state index contributed by atoms with van der Waals surface area (Å²) in [5.74, 6) is 0.700. The highest BCUT2D eigenvalue weighted by Crippen LogP contribution is 2.25. The van der Waals surface area contributed by atoms with E-state index in [0.29, 0.717) is 17.4 Å². The zero-order chi connectivity index (χ0) is 14.9. The van der Waals surface area contributed by atoms with Gasteiger partial charge in [-0.1, -0.05) is 12.2 Å². The number of nitrogens with one attached hydrogen (secondary N) is 1. The second-order valence-corrected chi connectivity index (χ2v) is 5.55. The van der Waals surface area contributed by atoms with E-state index in [2.05, 4.69) is 20.4 Å². The van der Waals surface area contributed by atoms with E-state index in [0.717, 1.165) is 29.8 Å². The lowest BCUT2D eigenvalue weighted by Crippen LogP contribution is -2.36. The van der Waals surface area contributed by atoms with Crippen molar-refractivity contribution in [1.29, 1.82) is 0 Å². The second kappa shape index (κ2) is 5.70. The highest BCUT2D eigenvalue weighted by atomic mass is 32.1. The van der Waals surface area contributed by atoms with Crippen LogP contribution in [0.25, 0.3) is 0 Å². The Morgan fingerprint density at radius 2 is 2.15 bits per heavy atom. The van der Waals surface area contributed by atoms with E-state index < -0.39 is 0 Å². The molecular weight excluding hydrogens is 274 g/mol. The van der Waals surface area contributed by atoms with Gasteiger partial charge >= 0.3 is 0 Å². The SMILES string of the molecule is CC(=O)NC1CCN(c2nnc(C)c(C)c2C(N)=S)C1. The van der Waals surface area contributed by atoms with Crippen molar-refractivity contribution < 1.29 is 4.79 Å². The molecule has 1 aromatic rings. The summed E-state index contributed by atoms with van der Waals surface area (Å²) in [5.41, 5.74) is 8.41. The van der Waals surface area contributed by atoms with E-state index in [9.17, 15) is 4.79 Å². The van der Waals surface area contributed by atoms with Gasteiger partial charge < -0.3 is 16.0 Å². The minimum absolute atomic E-state index is 0.0161. The zero-order valence-corrected chi connectivity index (χ0v) is 12.8. The fourth-order valence-corrected chi connectivity index (χ4v) is 2.71. The molecule has 0 radical (unpaired) electrons. The van der Waals surface area contributed by atoms with Crippen molar-refractivity contribution in [2.24, 2.45) is 5.73 Å². The summed E-state index contributed by atoms with van der Waals surface area (Å²) in [6.45, 7) is 6.87. The van der Waals surface area contributed by atoms with Gasteiger partial charge in [-0.15, -0.1) is 5.10 Å². The average Bonchev–Trinajstić information content (AvgIpc) is 2.79. The molecule has 7 heteroatoms. The molecule has 1 amide bonds. The van der Waals surface area contributed by atoms with Gasteiger partial charge in [-0.3, -0.25) is 4.79 Å². The number of hydrogen-bond acceptors (Lipinski definition) is 5. The fraction of sp³-hybridized carbons (Fsp3) is 0.538. The molecule has 1 fully saturated rings. The predicted octanol–water partition coefficient (Wildman–Crippen LogP) is 0.442. The Balaban J connectivity index is 2.28. The van der Waals surface area contributed by atoms with Gasteiger partial charge in [0.15, 0.2) is 5.82 Å². The third-order valence-corrected chi connectivity index (χ3v) is 3.78. The van der Waals surface area contributed by atoms with Crippen LogP contribution in [0.2, 0.25) is 0 Å². The molecule has 2 heterocycles. The van der Waals surface area contributed by atoms with Gasteiger partial charge in [0, 0.05) is 26.1 Å². The number of nitrogens with two attached hydrogens (primary N) is 1. The summed E-state index contributed by atoms with van der Waals surface area (Å²) in [5, 5.41) is 11.3. The Morgan fingerprint density at radius 3 is 2.75 bits per heavy atom. The van der Waals surface area contributed by atoms with Crippen LogP contribution in [0.5, 0.6) is 0 Å². The Bertz CT molecular complexity index is 560. The number of anilines is 1. The summed E-state index contributed by atoms with van der Waals surface area (Å²) in [6, 6.07) is 0.134. The number of rotatable bonds is 3. The molecule has 2 rings (SSSR count). The van der Waals surface area contributed by atoms with Crippen LogP contribution in [-0.4, -0.2) is 40.2 Å². The lowest BCUT2D eigenvalue weighted by atomic mass is 10.1. The summed E-state index contributed by atoms with van der Waals surface area (Å²) in [7, 11) is 0. The molecule has 6 nitrogen and oxygen atoms in total. The second-order valence-electron chi connectivity index (χ2n) is 5.11. The van der Waals surface area contributed by atoms with Crippen molar-refractivity contribution in [3.63, 3.8) is 0 Å². The topological polar surface area (TPSA) is 84.1 Å². The Hall–Kier alpha value is -1.76. The Labute approximate surface area is 123 Å². The molecule has 0 aromatic carbocycles. The first-order valence-corrected chi connectivity index (χ1v) is 6.96. The predicted molar refractivity (Wildman–Crippen MR) is 81.8 cm³/mol. The minimum atomic E-state index is -0.0161. The smallest absolute Gasteiger partial charge is 0.217 e. The number of amides is 1. The van der Waals surface area contributed by atoms with Crippen LogP contribution in [0.4, 0.5) is 5.82 Å². The Morgan fingerprint density at radius 1 is 1.45 bits per heavy atom. The maximum absolute atomic E-state index is 11.1. The molecule has 0 aliphatic carbocycles. The van der Waals surface area contributed by atoms with Crippen molar-refractivity contribution in [2.75, 3.05) is 18.0 Å². The maximum Gasteiger partial charge on any atom is 0.217 e. The van der Waals surface area contributed by atoms with Crippen LogP contribution in [0.1, 0.15) is 30.2 Å². The van der Waals surface area contributed by atoms with E-state index >= 15 is 0 Å². The molecule has 0 saturated carbocycles. The lowest BCUT2D eigenvalue weighted by Gasteiger charge is -2.21. The van der Waals surface area contributed by atoms with E-state index in [1.165, 1.54) is 6.92 Å². The molecule has 1 unspecified atom stereocenters. The first kappa shape index (κ1) is 14.6. The van der Waals surface area contributed by atoms with Crippen molar-refractivity contribution in [3.05, 3.63) is 16.8 Å². The number of nitrogens with zero attached hydrogens (tertiary/aromatic N) is 3. The van der Waals surface area contributed by atoms with Crippen molar-refractivity contribution in [3.8, 4) is 0 Å². The van der Waals surface area contributed by atoms with Gasteiger partial charge in [-0.25, -0.2) is 0 Å². The molecule has 108 valence electrons. The van der Waals surface area contributed by atoms with Crippen molar-refractivity contribution in [2.45, 2.75) is 33.2 Å². The van der Waals surface area contributed by atoms with Gasteiger partial charge in [0.05, 0.1) is 11.3 Å². The number of hydrogen-bond donors (Lipinski definition) is 2. The number of aromatic nitrogens is 2. The fourth-order valence-electron chi connectivity index (χ4n) is 2.47. The van der Waals surface area contributed by atoms with Gasteiger partial charge in [0.1, 0.15) is 4.99 Å². The highest BCUT2D eigenvalue weighted by Gasteiger charge is 2.27. The standard InChI is InChI=1S/C13H19N5OS/c1-7-8(2)16-17-13(11(7)12(14)20)18-5-4-10(6-18)15-9(3)19/h10H,4-6H2,1-3H3,(H2,14,20)(H,15,19). The molecule has 1 aliphatic rings. The van der Waals surface area contributed by atoms with E-state index in [4.69, 9.17) is 18.0 Å². The largest absolute Gasteiger partial charge is 0.389 e. The van der Waals surface area contributed by atoms with Gasteiger partial charge in [-0.05, 0) is 25.8 Å². The third kappa shape index (κ3) is 2.87. The van der Waals surface area contributed by atoms with Crippen molar-refractivity contribution >= 4 is 28.9 Å². The third-order valence-electron chi connectivity index (χ3n) is 3.58. The van der Waals surface area contributed by atoms with Gasteiger partial charge in [0.2, 0.25) is 5.91 Å². The molecule has 1 aromatic heterocycles. The molecule has 3 N–H and O–H groups in total. The molecule has 20 heavy (non-hydrogen) atoms. The molecule has 1 saturated heterocycles. The van der Waals surface area contributed by atoms with Crippen LogP contribution >= 0.6 is 12.2 Å². The minimum Gasteiger partial charge on any atom is -0.389 e. The van der Waals surface area contributed by atoms with Crippen molar-refractivity contribution in [1.82, 2.24) is 15.5 Å². The van der Waals surface area contributed by atoms with E-state index in [1.54, 1.807) is 0 Å². The first-order chi connectivity index (χ1) is 9.40.